The number of piperazine rings is 1. The number of nitrogens with one attached hydrogen (secondary N) is 1. The van der Waals surface area contributed by atoms with E-state index in [0.29, 0.717) is 6.04 Å². The number of ether oxygens (including phenoxy) is 1. The fourth-order valence-electron chi connectivity index (χ4n) is 2.30. The molecule has 110 valence electrons. The maximum absolute atomic E-state index is 5.45. The Hall–Kier alpha value is -0.000000000000000222. The molecule has 0 bridgehead atoms. The summed E-state index contributed by atoms with van der Waals surface area (Å²) in [5.41, 5.74) is 1.25. The first-order chi connectivity index (χ1) is 8.22. The van der Waals surface area contributed by atoms with Gasteiger partial charge in [-0.1, -0.05) is 15.9 Å². The second-order valence-electron chi connectivity index (χ2n) is 4.35. The molecule has 1 fully saturated rings. The lowest BCUT2D eigenvalue weighted by atomic mass is 10.1. The van der Waals surface area contributed by atoms with Gasteiger partial charge in [0, 0.05) is 42.3 Å². The fraction of sp³-hybridized carbons (Fsp3) is 0.538. The van der Waals surface area contributed by atoms with Gasteiger partial charge < -0.3 is 10.1 Å². The van der Waals surface area contributed by atoms with Gasteiger partial charge in [0.25, 0.3) is 0 Å². The summed E-state index contributed by atoms with van der Waals surface area (Å²) in [6.45, 7) is 6.57. The van der Waals surface area contributed by atoms with Gasteiger partial charge in [-0.3, -0.25) is 4.90 Å². The van der Waals surface area contributed by atoms with Crippen molar-refractivity contribution in [3.05, 3.63) is 28.2 Å². The minimum absolute atomic E-state index is 0. The van der Waals surface area contributed by atoms with E-state index in [-0.39, 0.29) is 24.8 Å². The molecule has 19 heavy (non-hydrogen) atoms. The second kappa shape index (κ2) is 9.03. The third-order valence-electron chi connectivity index (χ3n) is 3.34. The van der Waals surface area contributed by atoms with Crippen molar-refractivity contribution in [1.82, 2.24) is 10.2 Å². The van der Waals surface area contributed by atoms with Crippen LogP contribution in [0.1, 0.15) is 18.5 Å². The van der Waals surface area contributed by atoms with Crippen molar-refractivity contribution >= 4 is 40.7 Å². The lowest BCUT2D eigenvalue weighted by Gasteiger charge is -2.33. The molecule has 0 radical (unpaired) electrons. The highest BCUT2D eigenvalue weighted by atomic mass is 79.9. The first-order valence-corrected chi connectivity index (χ1v) is 6.80. The molecular weight excluding hydrogens is 351 g/mol. The topological polar surface area (TPSA) is 24.5 Å². The molecule has 3 nitrogen and oxygen atoms in total. The Balaban J connectivity index is 0.00000162. The maximum atomic E-state index is 5.45. The summed E-state index contributed by atoms with van der Waals surface area (Å²) in [5.74, 6) is 0.972. The van der Waals surface area contributed by atoms with Gasteiger partial charge in [0.1, 0.15) is 5.75 Å². The van der Waals surface area contributed by atoms with Crippen LogP contribution in [0.5, 0.6) is 5.75 Å². The highest BCUT2D eigenvalue weighted by Gasteiger charge is 2.20. The Bertz CT molecular complexity index is 387. The molecule has 0 aromatic heterocycles. The molecule has 1 aromatic rings. The van der Waals surface area contributed by atoms with E-state index < -0.39 is 0 Å². The number of hydrogen-bond donors (Lipinski definition) is 1. The zero-order chi connectivity index (χ0) is 12.3. The minimum Gasteiger partial charge on any atom is -0.496 e. The highest BCUT2D eigenvalue weighted by Crippen LogP contribution is 2.31. The molecule has 0 spiro atoms. The number of hydrogen-bond acceptors (Lipinski definition) is 3. The second-order valence-corrected chi connectivity index (χ2v) is 5.26. The van der Waals surface area contributed by atoms with Crippen molar-refractivity contribution in [3.63, 3.8) is 0 Å². The van der Waals surface area contributed by atoms with Crippen molar-refractivity contribution < 1.29 is 4.74 Å². The lowest BCUT2D eigenvalue weighted by Crippen LogP contribution is -2.44. The summed E-state index contributed by atoms with van der Waals surface area (Å²) >= 11 is 3.53. The SMILES string of the molecule is COc1ccc(Br)cc1[C@H](C)N1CCNCC1.Cl.Cl. The summed E-state index contributed by atoms with van der Waals surface area (Å²) < 4.78 is 6.56. The molecule has 6 heteroatoms. The van der Waals surface area contributed by atoms with Crippen LogP contribution >= 0.6 is 40.7 Å². The number of rotatable bonds is 3. The summed E-state index contributed by atoms with van der Waals surface area (Å²) in [6, 6.07) is 6.60. The largest absolute Gasteiger partial charge is 0.496 e. The quantitative estimate of drug-likeness (QED) is 0.882. The fourth-order valence-corrected chi connectivity index (χ4v) is 2.68. The van der Waals surface area contributed by atoms with Gasteiger partial charge in [-0.25, -0.2) is 0 Å². The highest BCUT2D eigenvalue weighted by molar-refractivity contribution is 9.10. The van der Waals surface area contributed by atoms with Gasteiger partial charge >= 0.3 is 0 Å². The monoisotopic (exact) mass is 370 g/mol. The Labute approximate surface area is 136 Å². The summed E-state index contributed by atoms with van der Waals surface area (Å²) in [7, 11) is 1.73. The van der Waals surface area contributed by atoms with Crippen LogP contribution in [0, 0.1) is 0 Å². The predicted octanol–water partition coefficient (Wildman–Crippen LogP) is 3.27. The number of halogens is 3. The maximum Gasteiger partial charge on any atom is 0.123 e. The van der Waals surface area contributed by atoms with Crippen molar-refractivity contribution in [1.29, 1.82) is 0 Å². The Kier molecular flexibility index (Phi) is 9.03. The summed E-state index contributed by atoms with van der Waals surface area (Å²) in [4.78, 5) is 2.49. The molecule has 1 aliphatic rings. The predicted molar refractivity (Wildman–Crippen MR) is 88.0 cm³/mol. The number of nitrogens with zero attached hydrogens (tertiary/aromatic N) is 1. The molecule has 1 saturated heterocycles. The molecule has 0 saturated carbocycles. The summed E-state index contributed by atoms with van der Waals surface area (Å²) in [5, 5.41) is 3.38. The van der Waals surface area contributed by atoms with Crippen molar-refractivity contribution in [2.45, 2.75) is 13.0 Å². The van der Waals surface area contributed by atoms with Crippen LogP contribution in [0.4, 0.5) is 0 Å². The molecule has 1 heterocycles. The molecular formula is C13H21BrCl2N2O. The van der Waals surface area contributed by atoms with E-state index in [9.17, 15) is 0 Å². The molecule has 1 N–H and O–H groups in total. The molecule has 1 atom stereocenters. The first-order valence-electron chi connectivity index (χ1n) is 6.00. The standard InChI is InChI=1S/C13H19BrN2O.2ClH/c1-10(16-7-5-15-6-8-16)12-9-11(14)3-4-13(12)17-2;;/h3-4,9-10,15H,5-8H2,1-2H3;2*1H/t10-;;/m0../s1. The van der Waals surface area contributed by atoms with Gasteiger partial charge in [0.2, 0.25) is 0 Å². The van der Waals surface area contributed by atoms with Gasteiger partial charge in [0.05, 0.1) is 7.11 Å². The van der Waals surface area contributed by atoms with E-state index in [1.165, 1.54) is 5.56 Å². The minimum atomic E-state index is 0. The van der Waals surface area contributed by atoms with Crippen LogP contribution in [-0.2, 0) is 0 Å². The average Bonchev–Trinajstić information content (AvgIpc) is 2.39. The van der Waals surface area contributed by atoms with Crippen LogP contribution in [0.25, 0.3) is 0 Å². The van der Waals surface area contributed by atoms with Gasteiger partial charge in [-0.15, -0.1) is 24.8 Å². The van der Waals surface area contributed by atoms with E-state index >= 15 is 0 Å². The number of methoxy groups -OCH3 is 1. The normalized spacial score (nSPS) is 17.0. The molecule has 1 aromatic carbocycles. The van der Waals surface area contributed by atoms with Gasteiger partial charge in [0.15, 0.2) is 0 Å². The Morgan fingerprint density at radius 2 is 1.89 bits per heavy atom. The smallest absolute Gasteiger partial charge is 0.123 e. The molecule has 0 unspecified atom stereocenters. The van der Waals surface area contributed by atoms with Gasteiger partial charge in [-0.2, -0.15) is 0 Å². The van der Waals surface area contributed by atoms with E-state index in [0.717, 1.165) is 36.4 Å². The van der Waals surface area contributed by atoms with E-state index in [4.69, 9.17) is 4.74 Å². The third kappa shape index (κ3) is 4.80. The van der Waals surface area contributed by atoms with E-state index in [1.807, 2.05) is 12.1 Å². The van der Waals surface area contributed by atoms with Crippen LogP contribution in [0.2, 0.25) is 0 Å². The third-order valence-corrected chi connectivity index (χ3v) is 3.83. The molecule has 0 aliphatic carbocycles. The zero-order valence-corrected chi connectivity index (χ0v) is 14.4. The van der Waals surface area contributed by atoms with Crippen LogP contribution in [0.15, 0.2) is 22.7 Å². The van der Waals surface area contributed by atoms with Crippen molar-refractivity contribution in [2.75, 3.05) is 33.3 Å². The first kappa shape index (κ1) is 19.0. The van der Waals surface area contributed by atoms with Crippen LogP contribution in [-0.4, -0.2) is 38.2 Å². The van der Waals surface area contributed by atoms with Crippen LogP contribution < -0.4 is 10.1 Å². The van der Waals surface area contributed by atoms with Crippen LogP contribution in [0.3, 0.4) is 0 Å². The Morgan fingerprint density at radius 3 is 2.47 bits per heavy atom. The number of benzene rings is 1. The molecule has 0 amide bonds. The molecule has 1 aliphatic heterocycles. The van der Waals surface area contributed by atoms with Crippen molar-refractivity contribution in [2.24, 2.45) is 0 Å². The van der Waals surface area contributed by atoms with E-state index in [1.54, 1.807) is 7.11 Å². The summed E-state index contributed by atoms with van der Waals surface area (Å²) in [6.07, 6.45) is 0. The van der Waals surface area contributed by atoms with Crippen molar-refractivity contribution in [3.8, 4) is 5.75 Å². The lowest BCUT2D eigenvalue weighted by molar-refractivity contribution is 0.182. The Morgan fingerprint density at radius 1 is 1.26 bits per heavy atom. The van der Waals surface area contributed by atoms with E-state index in [2.05, 4.69) is 39.1 Å². The zero-order valence-electron chi connectivity index (χ0n) is 11.2. The van der Waals surface area contributed by atoms with Gasteiger partial charge in [-0.05, 0) is 25.1 Å². The molecule has 2 rings (SSSR count). The average molecular weight is 372 g/mol.